The Morgan fingerprint density at radius 3 is 2.45 bits per heavy atom. The van der Waals surface area contributed by atoms with Crippen molar-refractivity contribution >= 4 is 36.3 Å². The molecule has 1 aliphatic rings. The second-order valence-electron chi connectivity index (χ2n) is 8.03. The van der Waals surface area contributed by atoms with Gasteiger partial charge in [-0.2, -0.15) is 12.6 Å². The molecule has 11 heteroatoms. The van der Waals surface area contributed by atoms with E-state index in [1.54, 1.807) is 6.92 Å². The number of unbranched alkanes of at least 4 members (excludes halogenated alkanes) is 1. The molecular formula is C20H37N5O5S. The molecule has 0 bridgehead atoms. The van der Waals surface area contributed by atoms with Crippen LogP contribution in [0.1, 0.15) is 52.4 Å². The Hall–Kier alpha value is -1.85. The highest BCUT2D eigenvalue weighted by Gasteiger charge is 2.37. The standard InChI is InChI=1S/C20H37N5O5S/c1-3-12(2)16(20(29)30)24-17(26)14(7-4-5-9-21)23-18(27)15-8-6-10-25(15)19(28)13(22)11-31/h12-16,31H,3-11,21-22H2,1-2H3,(H,23,27)(H,24,26)(H,29,30). The third-order valence-corrected chi connectivity index (χ3v) is 6.10. The van der Waals surface area contributed by atoms with E-state index >= 15 is 0 Å². The highest BCUT2D eigenvalue weighted by Crippen LogP contribution is 2.19. The van der Waals surface area contributed by atoms with Crippen molar-refractivity contribution in [3.63, 3.8) is 0 Å². The Morgan fingerprint density at radius 1 is 1.23 bits per heavy atom. The Balaban J connectivity index is 2.92. The van der Waals surface area contributed by atoms with E-state index in [2.05, 4.69) is 23.3 Å². The molecule has 178 valence electrons. The number of carboxylic acids is 1. The summed E-state index contributed by atoms with van der Waals surface area (Å²) in [6, 6.07) is -3.48. The van der Waals surface area contributed by atoms with Crippen molar-refractivity contribution in [3.8, 4) is 0 Å². The van der Waals surface area contributed by atoms with Crippen LogP contribution in [-0.4, -0.2) is 76.7 Å². The van der Waals surface area contributed by atoms with Gasteiger partial charge in [-0.1, -0.05) is 20.3 Å². The number of thiol groups is 1. The van der Waals surface area contributed by atoms with E-state index in [1.807, 2.05) is 6.92 Å². The van der Waals surface area contributed by atoms with Crippen LogP contribution in [0.25, 0.3) is 0 Å². The summed E-state index contributed by atoms with van der Waals surface area (Å²) in [6.45, 7) is 4.44. The first-order chi connectivity index (χ1) is 14.7. The maximum Gasteiger partial charge on any atom is 0.326 e. The number of aliphatic carboxylic acids is 1. The van der Waals surface area contributed by atoms with Gasteiger partial charge in [-0.3, -0.25) is 14.4 Å². The minimum Gasteiger partial charge on any atom is -0.480 e. The molecule has 1 fully saturated rings. The zero-order valence-corrected chi connectivity index (χ0v) is 19.3. The van der Waals surface area contributed by atoms with Crippen LogP contribution in [0.5, 0.6) is 0 Å². The molecule has 1 heterocycles. The van der Waals surface area contributed by atoms with Crippen molar-refractivity contribution in [1.82, 2.24) is 15.5 Å². The van der Waals surface area contributed by atoms with E-state index in [-0.39, 0.29) is 17.6 Å². The predicted molar refractivity (Wildman–Crippen MR) is 120 cm³/mol. The van der Waals surface area contributed by atoms with Crippen LogP contribution in [0.15, 0.2) is 0 Å². The van der Waals surface area contributed by atoms with E-state index in [1.165, 1.54) is 4.90 Å². The fraction of sp³-hybridized carbons (Fsp3) is 0.800. The van der Waals surface area contributed by atoms with Crippen LogP contribution in [0.4, 0.5) is 0 Å². The number of hydrogen-bond acceptors (Lipinski definition) is 7. The van der Waals surface area contributed by atoms with Gasteiger partial charge in [0.25, 0.3) is 0 Å². The SMILES string of the molecule is CCC(C)C(NC(=O)C(CCCCN)NC(=O)C1CCCN1C(=O)C(N)CS)C(=O)O. The summed E-state index contributed by atoms with van der Waals surface area (Å²) in [6.07, 6.45) is 3.28. The first-order valence-electron chi connectivity index (χ1n) is 10.9. The predicted octanol–water partition coefficient (Wildman–Crippen LogP) is -0.536. The van der Waals surface area contributed by atoms with Crippen LogP contribution in [-0.2, 0) is 19.2 Å². The molecule has 31 heavy (non-hydrogen) atoms. The van der Waals surface area contributed by atoms with Crippen molar-refractivity contribution in [2.24, 2.45) is 17.4 Å². The number of amides is 3. The van der Waals surface area contributed by atoms with Gasteiger partial charge in [0.05, 0.1) is 6.04 Å². The van der Waals surface area contributed by atoms with Crippen LogP contribution >= 0.6 is 12.6 Å². The lowest BCUT2D eigenvalue weighted by Gasteiger charge is -2.29. The van der Waals surface area contributed by atoms with E-state index in [9.17, 15) is 24.3 Å². The zero-order chi connectivity index (χ0) is 23.6. The van der Waals surface area contributed by atoms with Gasteiger partial charge in [0.15, 0.2) is 0 Å². The average Bonchev–Trinajstić information content (AvgIpc) is 3.24. The van der Waals surface area contributed by atoms with Crippen LogP contribution in [0.3, 0.4) is 0 Å². The molecule has 0 spiro atoms. The smallest absolute Gasteiger partial charge is 0.326 e. The molecule has 10 nitrogen and oxygen atoms in total. The summed E-state index contributed by atoms with van der Waals surface area (Å²) in [5, 5.41) is 14.7. The summed E-state index contributed by atoms with van der Waals surface area (Å²) < 4.78 is 0. The van der Waals surface area contributed by atoms with Crippen molar-refractivity contribution in [2.75, 3.05) is 18.8 Å². The molecule has 7 N–H and O–H groups in total. The summed E-state index contributed by atoms with van der Waals surface area (Å²) in [7, 11) is 0. The fourth-order valence-electron chi connectivity index (χ4n) is 3.56. The van der Waals surface area contributed by atoms with Crippen LogP contribution in [0.2, 0.25) is 0 Å². The number of likely N-dealkylation sites (tertiary alicyclic amines) is 1. The number of rotatable bonds is 13. The molecule has 5 unspecified atom stereocenters. The Kier molecular flexibility index (Phi) is 11.9. The molecule has 0 aromatic carbocycles. The number of carbonyl (C=O) groups excluding carboxylic acids is 3. The van der Waals surface area contributed by atoms with Crippen molar-refractivity contribution < 1.29 is 24.3 Å². The van der Waals surface area contributed by atoms with E-state index in [0.717, 1.165) is 0 Å². The lowest BCUT2D eigenvalue weighted by Crippen LogP contribution is -2.57. The van der Waals surface area contributed by atoms with Gasteiger partial charge in [0, 0.05) is 12.3 Å². The number of carbonyl (C=O) groups is 4. The fourth-order valence-corrected chi connectivity index (χ4v) is 3.72. The highest BCUT2D eigenvalue weighted by atomic mass is 32.1. The zero-order valence-electron chi connectivity index (χ0n) is 18.4. The second kappa shape index (κ2) is 13.5. The largest absolute Gasteiger partial charge is 0.480 e. The lowest BCUT2D eigenvalue weighted by molar-refractivity contribution is -0.144. The number of nitrogens with two attached hydrogens (primary N) is 2. The average molecular weight is 460 g/mol. The molecule has 3 amide bonds. The Morgan fingerprint density at radius 2 is 1.90 bits per heavy atom. The molecule has 0 aromatic rings. The van der Waals surface area contributed by atoms with Gasteiger partial charge in [-0.25, -0.2) is 4.79 Å². The third kappa shape index (κ3) is 7.97. The summed E-state index contributed by atoms with van der Waals surface area (Å²) in [5.41, 5.74) is 11.3. The molecule has 1 aliphatic heterocycles. The second-order valence-corrected chi connectivity index (χ2v) is 8.40. The van der Waals surface area contributed by atoms with Crippen molar-refractivity contribution in [3.05, 3.63) is 0 Å². The summed E-state index contributed by atoms with van der Waals surface area (Å²) in [5.74, 6) is -2.57. The molecule has 5 atom stereocenters. The molecule has 0 radical (unpaired) electrons. The van der Waals surface area contributed by atoms with Gasteiger partial charge in [-0.15, -0.1) is 0 Å². The molecule has 1 rings (SSSR count). The summed E-state index contributed by atoms with van der Waals surface area (Å²) in [4.78, 5) is 51.3. The van der Waals surface area contributed by atoms with Gasteiger partial charge in [0.1, 0.15) is 18.1 Å². The van der Waals surface area contributed by atoms with Gasteiger partial charge in [-0.05, 0) is 44.6 Å². The number of nitrogens with zero attached hydrogens (tertiary/aromatic N) is 1. The van der Waals surface area contributed by atoms with Crippen molar-refractivity contribution in [2.45, 2.75) is 76.5 Å². The van der Waals surface area contributed by atoms with Gasteiger partial charge in [0.2, 0.25) is 17.7 Å². The lowest BCUT2D eigenvalue weighted by atomic mass is 9.98. The van der Waals surface area contributed by atoms with Gasteiger partial charge < -0.3 is 32.1 Å². The molecule has 1 saturated heterocycles. The quantitative estimate of drug-likeness (QED) is 0.159. The van der Waals surface area contributed by atoms with E-state index in [4.69, 9.17) is 11.5 Å². The maximum absolute atomic E-state index is 12.9. The van der Waals surface area contributed by atoms with Gasteiger partial charge >= 0.3 is 5.97 Å². The van der Waals surface area contributed by atoms with Crippen LogP contribution in [0, 0.1) is 5.92 Å². The molecular weight excluding hydrogens is 422 g/mol. The Bertz CT molecular complexity index is 635. The van der Waals surface area contributed by atoms with E-state index in [0.29, 0.717) is 51.6 Å². The first-order valence-corrected chi connectivity index (χ1v) is 11.5. The number of hydrogen-bond donors (Lipinski definition) is 6. The number of nitrogens with one attached hydrogen (secondary N) is 2. The monoisotopic (exact) mass is 459 g/mol. The molecule has 0 aliphatic carbocycles. The number of carboxylic acid groups (broad SMARTS) is 1. The van der Waals surface area contributed by atoms with E-state index < -0.39 is 42.0 Å². The highest BCUT2D eigenvalue weighted by molar-refractivity contribution is 7.80. The topological polar surface area (TPSA) is 168 Å². The third-order valence-electron chi connectivity index (χ3n) is 5.71. The minimum absolute atomic E-state index is 0.167. The maximum atomic E-state index is 12.9. The molecule has 0 aromatic heterocycles. The Labute approximate surface area is 189 Å². The molecule has 0 saturated carbocycles. The normalized spacial score (nSPS) is 19.9. The van der Waals surface area contributed by atoms with Crippen LogP contribution < -0.4 is 22.1 Å². The minimum atomic E-state index is -1.12. The summed E-state index contributed by atoms with van der Waals surface area (Å²) >= 11 is 4.05. The first kappa shape index (κ1) is 27.2. The van der Waals surface area contributed by atoms with Crippen molar-refractivity contribution in [1.29, 1.82) is 0 Å².